The fourth-order valence-electron chi connectivity index (χ4n) is 6.58. The molecule has 4 aromatic rings. The summed E-state index contributed by atoms with van der Waals surface area (Å²) in [5, 5.41) is 26.3. The van der Waals surface area contributed by atoms with Crippen molar-refractivity contribution in [2.45, 2.75) is 56.8 Å². The van der Waals surface area contributed by atoms with E-state index in [1.165, 1.54) is 0 Å². The van der Waals surface area contributed by atoms with Crippen LogP contribution in [0.15, 0.2) is 60.7 Å². The molecule has 3 N–H and O–H groups in total. The Balaban J connectivity index is 1.33. The van der Waals surface area contributed by atoms with Crippen molar-refractivity contribution in [1.82, 2.24) is 15.3 Å². The van der Waals surface area contributed by atoms with Crippen LogP contribution in [0.5, 0.6) is 11.8 Å². The molecule has 0 radical (unpaired) electrons. The van der Waals surface area contributed by atoms with Gasteiger partial charge in [-0.1, -0.05) is 72.4 Å². The van der Waals surface area contributed by atoms with Crippen molar-refractivity contribution < 1.29 is 19.7 Å². The molecule has 3 heterocycles. The SMILES string of the molecule is COc1nc(-c2cccc(-c3cccc(-c4ccc([C@H](O)[C@@H]5CCCN5)c(OC)n4)c3Cl)c2Cl)ccc1[C@H](O)C1CCCC1. The van der Waals surface area contributed by atoms with Gasteiger partial charge in [0.15, 0.2) is 0 Å². The van der Waals surface area contributed by atoms with Gasteiger partial charge in [0.1, 0.15) is 0 Å². The summed E-state index contributed by atoms with van der Waals surface area (Å²) in [6.45, 7) is 0.889. The number of halogens is 2. The van der Waals surface area contributed by atoms with Gasteiger partial charge in [0.05, 0.1) is 47.9 Å². The Hall–Kier alpha value is -3.20. The minimum Gasteiger partial charge on any atom is -0.481 e. The molecule has 230 valence electrons. The van der Waals surface area contributed by atoms with Crippen LogP contribution in [0.3, 0.4) is 0 Å². The Morgan fingerprint density at radius 1 is 0.682 bits per heavy atom. The van der Waals surface area contributed by atoms with Gasteiger partial charge in [-0.2, -0.15) is 0 Å². The number of methoxy groups -OCH3 is 2. The predicted octanol–water partition coefficient (Wildman–Crippen LogP) is 7.81. The summed E-state index contributed by atoms with van der Waals surface area (Å²) in [5.74, 6) is 0.991. The standard InChI is InChI=1S/C35H37Cl2N3O4/c1-43-34-25(32(41)20-8-3-4-9-20)15-17-27(39-34)23-12-5-10-21(30(23)36)22-11-6-13-24(31(22)37)28-18-16-26(35(40-28)44-2)33(42)29-14-7-19-38-29/h5-6,10-13,15-18,20,29,32-33,38,41-42H,3-4,7-9,14,19H2,1-2H3/t29-,32+,33-/m0/s1. The summed E-state index contributed by atoms with van der Waals surface area (Å²) in [4.78, 5) is 9.49. The average Bonchev–Trinajstić information content (AvgIpc) is 3.80. The molecule has 9 heteroatoms. The number of benzene rings is 2. The lowest BCUT2D eigenvalue weighted by atomic mass is 9.94. The third-order valence-electron chi connectivity index (χ3n) is 8.97. The number of aliphatic hydroxyl groups is 2. The quantitative estimate of drug-likeness (QED) is 0.173. The van der Waals surface area contributed by atoms with Crippen LogP contribution in [0.2, 0.25) is 10.0 Å². The third-order valence-corrected chi connectivity index (χ3v) is 9.78. The summed E-state index contributed by atoms with van der Waals surface area (Å²) in [5.41, 5.74) is 5.54. The predicted molar refractivity (Wildman–Crippen MR) is 174 cm³/mol. The number of nitrogens with zero attached hydrogens (tertiary/aromatic N) is 2. The van der Waals surface area contributed by atoms with E-state index in [9.17, 15) is 10.2 Å². The first-order chi connectivity index (χ1) is 21.4. The summed E-state index contributed by atoms with van der Waals surface area (Å²) >= 11 is 14.1. The molecule has 44 heavy (non-hydrogen) atoms. The number of pyridine rings is 2. The average molecular weight is 635 g/mol. The number of nitrogens with one attached hydrogen (secondary N) is 1. The summed E-state index contributed by atoms with van der Waals surface area (Å²) in [6.07, 6.45) is 4.88. The highest BCUT2D eigenvalue weighted by molar-refractivity contribution is 6.39. The van der Waals surface area contributed by atoms with Crippen molar-refractivity contribution in [2.24, 2.45) is 5.92 Å². The summed E-state index contributed by atoms with van der Waals surface area (Å²) in [7, 11) is 3.13. The molecule has 0 amide bonds. The second-order valence-electron chi connectivity index (χ2n) is 11.6. The van der Waals surface area contributed by atoms with E-state index >= 15 is 0 Å². The number of rotatable bonds is 9. The Kier molecular flexibility index (Phi) is 9.40. The molecule has 2 fully saturated rings. The molecular weight excluding hydrogens is 597 g/mol. The smallest absolute Gasteiger partial charge is 0.219 e. The van der Waals surface area contributed by atoms with Gasteiger partial charge in [0.2, 0.25) is 11.8 Å². The van der Waals surface area contributed by atoms with E-state index < -0.39 is 12.2 Å². The van der Waals surface area contributed by atoms with E-state index in [0.29, 0.717) is 49.9 Å². The van der Waals surface area contributed by atoms with E-state index in [-0.39, 0.29) is 12.0 Å². The zero-order chi connectivity index (χ0) is 30.8. The number of hydrogen-bond acceptors (Lipinski definition) is 7. The van der Waals surface area contributed by atoms with Crippen LogP contribution in [-0.2, 0) is 0 Å². The van der Waals surface area contributed by atoms with Crippen LogP contribution in [0.25, 0.3) is 33.6 Å². The molecule has 1 aliphatic heterocycles. The Labute approximate surface area is 268 Å². The molecule has 7 nitrogen and oxygen atoms in total. The minimum atomic E-state index is -0.718. The van der Waals surface area contributed by atoms with Crippen molar-refractivity contribution in [3.8, 4) is 45.4 Å². The van der Waals surface area contributed by atoms with E-state index in [0.717, 1.165) is 61.8 Å². The summed E-state index contributed by atoms with van der Waals surface area (Å²) < 4.78 is 11.2. The maximum absolute atomic E-state index is 11.0. The van der Waals surface area contributed by atoms with Crippen LogP contribution in [-0.4, -0.2) is 47.0 Å². The zero-order valence-corrected chi connectivity index (χ0v) is 26.4. The maximum atomic E-state index is 11.0. The van der Waals surface area contributed by atoms with Crippen molar-refractivity contribution in [2.75, 3.05) is 20.8 Å². The van der Waals surface area contributed by atoms with Crippen LogP contribution < -0.4 is 14.8 Å². The van der Waals surface area contributed by atoms with Gasteiger partial charge in [0, 0.05) is 39.4 Å². The van der Waals surface area contributed by atoms with Gasteiger partial charge >= 0.3 is 0 Å². The molecular formula is C35H37Cl2N3O4. The fraction of sp³-hybridized carbons (Fsp3) is 0.371. The molecule has 0 spiro atoms. The summed E-state index contributed by atoms with van der Waals surface area (Å²) in [6, 6.07) is 19.0. The largest absolute Gasteiger partial charge is 0.481 e. The Morgan fingerprint density at radius 2 is 1.18 bits per heavy atom. The first-order valence-corrected chi connectivity index (χ1v) is 15.9. The molecule has 3 atom stereocenters. The number of aromatic nitrogens is 2. The minimum absolute atomic E-state index is 0.0269. The molecule has 2 aromatic carbocycles. The lowest BCUT2D eigenvalue weighted by molar-refractivity contribution is 0.108. The second kappa shape index (κ2) is 13.4. The van der Waals surface area contributed by atoms with Crippen LogP contribution in [0.4, 0.5) is 0 Å². The normalized spacial score (nSPS) is 18.4. The molecule has 2 aliphatic rings. The number of aliphatic hydroxyl groups excluding tert-OH is 2. The first-order valence-electron chi connectivity index (χ1n) is 15.2. The van der Waals surface area contributed by atoms with Crippen molar-refractivity contribution in [3.63, 3.8) is 0 Å². The molecule has 1 saturated heterocycles. The van der Waals surface area contributed by atoms with Gasteiger partial charge in [0.25, 0.3) is 0 Å². The van der Waals surface area contributed by atoms with Gasteiger partial charge in [-0.15, -0.1) is 0 Å². The van der Waals surface area contributed by atoms with Gasteiger partial charge in [-0.25, -0.2) is 9.97 Å². The molecule has 1 saturated carbocycles. The van der Waals surface area contributed by atoms with Gasteiger partial charge < -0.3 is 25.0 Å². The van der Waals surface area contributed by atoms with E-state index in [4.69, 9.17) is 42.6 Å². The lowest BCUT2D eigenvalue weighted by Gasteiger charge is -2.21. The highest BCUT2D eigenvalue weighted by Crippen LogP contribution is 2.44. The lowest BCUT2D eigenvalue weighted by Crippen LogP contribution is -2.29. The zero-order valence-electron chi connectivity index (χ0n) is 24.9. The van der Waals surface area contributed by atoms with E-state index in [2.05, 4.69) is 5.32 Å². The van der Waals surface area contributed by atoms with Crippen molar-refractivity contribution in [3.05, 3.63) is 81.8 Å². The Bertz CT molecular complexity index is 1520. The van der Waals surface area contributed by atoms with Crippen LogP contribution in [0, 0.1) is 5.92 Å². The monoisotopic (exact) mass is 633 g/mol. The topological polar surface area (TPSA) is 96.7 Å². The first kappa shape index (κ1) is 30.8. The maximum Gasteiger partial charge on any atom is 0.219 e. The fourth-order valence-corrected chi connectivity index (χ4v) is 7.23. The van der Waals surface area contributed by atoms with Crippen LogP contribution in [0.1, 0.15) is 61.9 Å². The molecule has 2 aromatic heterocycles. The third kappa shape index (κ3) is 5.92. The van der Waals surface area contributed by atoms with Gasteiger partial charge in [-0.05, 0) is 62.4 Å². The number of ether oxygens (including phenoxy) is 2. The van der Waals surface area contributed by atoms with Crippen LogP contribution >= 0.6 is 23.2 Å². The highest BCUT2D eigenvalue weighted by Gasteiger charge is 2.29. The Morgan fingerprint density at radius 3 is 1.66 bits per heavy atom. The molecule has 1 aliphatic carbocycles. The molecule has 0 bridgehead atoms. The van der Waals surface area contributed by atoms with Crippen molar-refractivity contribution >= 4 is 23.2 Å². The van der Waals surface area contributed by atoms with Crippen molar-refractivity contribution in [1.29, 1.82) is 0 Å². The van der Waals surface area contributed by atoms with E-state index in [1.54, 1.807) is 14.2 Å². The highest BCUT2D eigenvalue weighted by atomic mass is 35.5. The molecule has 0 unspecified atom stereocenters. The number of hydrogen-bond donors (Lipinski definition) is 3. The molecule has 6 rings (SSSR count). The van der Waals surface area contributed by atoms with Gasteiger partial charge in [-0.3, -0.25) is 0 Å². The second-order valence-corrected chi connectivity index (χ2v) is 12.3. The van der Waals surface area contributed by atoms with E-state index in [1.807, 2.05) is 60.7 Å².